The van der Waals surface area contributed by atoms with Gasteiger partial charge in [-0.25, -0.2) is 13.1 Å². The number of aryl methyl sites for hydroxylation is 1. The number of nitrogens with zero attached hydrogens (tertiary/aromatic N) is 4. The first kappa shape index (κ1) is 23.8. The number of aliphatic hydroxyl groups is 1. The van der Waals surface area contributed by atoms with Crippen molar-refractivity contribution in [3.05, 3.63) is 53.2 Å². The molecule has 2 fully saturated rings. The predicted molar refractivity (Wildman–Crippen MR) is 136 cm³/mol. The number of amides is 1. The molecule has 2 aliphatic rings. The van der Waals surface area contributed by atoms with E-state index in [0.29, 0.717) is 41.9 Å². The van der Waals surface area contributed by atoms with Crippen molar-refractivity contribution in [2.45, 2.75) is 31.8 Å². The molecule has 2 heterocycles. The van der Waals surface area contributed by atoms with E-state index < -0.39 is 10.0 Å². The molecule has 0 spiro atoms. The first-order valence-corrected chi connectivity index (χ1v) is 13.7. The lowest BCUT2D eigenvalue weighted by Gasteiger charge is -2.37. The van der Waals surface area contributed by atoms with Gasteiger partial charge in [0.1, 0.15) is 5.69 Å². The number of carbonyl (C=O) groups is 1. The molecule has 1 saturated carbocycles. The molecular weight excluding hydrogens is 466 g/mol. The second-order valence-corrected chi connectivity index (χ2v) is 11.5. The maximum absolute atomic E-state index is 13.0. The van der Waals surface area contributed by atoms with Gasteiger partial charge in [-0.05, 0) is 55.5 Å². The molecule has 1 aromatic heterocycles. The van der Waals surface area contributed by atoms with E-state index in [1.165, 1.54) is 10.6 Å². The van der Waals surface area contributed by atoms with Crippen molar-refractivity contribution >= 4 is 32.5 Å². The topological polar surface area (TPSA) is 108 Å². The Kier molecular flexibility index (Phi) is 6.06. The fourth-order valence-electron chi connectivity index (χ4n) is 4.71. The molecule has 10 heteroatoms. The van der Waals surface area contributed by atoms with Crippen molar-refractivity contribution < 1.29 is 18.3 Å². The highest BCUT2D eigenvalue weighted by atomic mass is 32.2. The zero-order valence-electron chi connectivity index (χ0n) is 20.2. The van der Waals surface area contributed by atoms with E-state index in [1.807, 2.05) is 48.2 Å². The third-order valence-corrected chi connectivity index (χ3v) is 7.96. The summed E-state index contributed by atoms with van der Waals surface area (Å²) in [6, 6.07) is 11.5. The SMILES string of the molecule is CNC(=O)c1c2cc(C3CC3)c(N(CCN3CC(O)C3)S(C)(=O)=O)cc2nn1-c1ccc(C)cc1. The van der Waals surface area contributed by atoms with Crippen LogP contribution >= 0.6 is 0 Å². The molecular formula is C25H31N5O4S. The van der Waals surface area contributed by atoms with Gasteiger partial charge >= 0.3 is 0 Å². The number of hydrogen-bond acceptors (Lipinski definition) is 6. The number of benzene rings is 2. The summed E-state index contributed by atoms with van der Waals surface area (Å²) in [5.74, 6) is 0.00336. The van der Waals surface area contributed by atoms with Gasteiger partial charge in [-0.1, -0.05) is 17.7 Å². The lowest BCUT2D eigenvalue weighted by molar-refractivity contribution is 0.00456. The normalized spacial score (nSPS) is 16.9. The van der Waals surface area contributed by atoms with Gasteiger partial charge < -0.3 is 10.4 Å². The van der Waals surface area contributed by atoms with Crippen LogP contribution in [0.15, 0.2) is 36.4 Å². The van der Waals surface area contributed by atoms with Crippen molar-refractivity contribution in [2.75, 3.05) is 43.8 Å². The Hall–Kier alpha value is -2.95. The number of nitrogens with one attached hydrogen (secondary N) is 1. The highest BCUT2D eigenvalue weighted by Crippen LogP contribution is 2.46. The van der Waals surface area contributed by atoms with Crippen LogP contribution in [0.4, 0.5) is 5.69 Å². The van der Waals surface area contributed by atoms with E-state index in [0.717, 1.165) is 29.7 Å². The Morgan fingerprint density at radius 3 is 2.46 bits per heavy atom. The molecule has 0 bridgehead atoms. The van der Waals surface area contributed by atoms with Crippen LogP contribution < -0.4 is 9.62 Å². The average Bonchev–Trinajstić information content (AvgIpc) is 3.57. The van der Waals surface area contributed by atoms with Crippen molar-refractivity contribution in [3.8, 4) is 5.69 Å². The van der Waals surface area contributed by atoms with Crippen LogP contribution in [0.1, 0.15) is 40.4 Å². The minimum absolute atomic E-state index is 0.251. The summed E-state index contributed by atoms with van der Waals surface area (Å²) in [4.78, 5) is 15.0. The van der Waals surface area contributed by atoms with Crippen LogP contribution in [0.5, 0.6) is 0 Å². The summed E-state index contributed by atoms with van der Waals surface area (Å²) in [7, 11) is -1.97. The van der Waals surface area contributed by atoms with Gasteiger partial charge in [-0.2, -0.15) is 5.10 Å². The average molecular weight is 498 g/mol. The molecule has 2 aromatic carbocycles. The quantitative estimate of drug-likeness (QED) is 0.493. The monoisotopic (exact) mass is 497 g/mol. The summed E-state index contributed by atoms with van der Waals surface area (Å²) in [6.07, 6.45) is 2.85. The number of fused-ring (bicyclic) bond motifs is 1. The fourth-order valence-corrected chi connectivity index (χ4v) is 5.64. The first-order chi connectivity index (χ1) is 16.7. The van der Waals surface area contributed by atoms with Gasteiger partial charge in [0, 0.05) is 38.6 Å². The van der Waals surface area contributed by atoms with E-state index in [-0.39, 0.29) is 24.5 Å². The Bertz CT molecular complexity index is 1370. The third-order valence-electron chi connectivity index (χ3n) is 6.78. The Labute approximate surface area is 205 Å². The molecule has 9 nitrogen and oxygen atoms in total. The molecule has 0 atom stereocenters. The minimum atomic E-state index is -3.56. The smallest absolute Gasteiger partial charge is 0.270 e. The third kappa shape index (κ3) is 4.65. The summed E-state index contributed by atoms with van der Waals surface area (Å²) >= 11 is 0. The summed E-state index contributed by atoms with van der Waals surface area (Å²) in [5, 5.41) is 17.8. The van der Waals surface area contributed by atoms with Crippen LogP contribution in [0.2, 0.25) is 0 Å². The van der Waals surface area contributed by atoms with Crippen LogP contribution in [-0.4, -0.2) is 79.7 Å². The maximum Gasteiger partial charge on any atom is 0.270 e. The van der Waals surface area contributed by atoms with E-state index in [2.05, 4.69) is 5.32 Å². The molecule has 0 unspecified atom stereocenters. The molecule has 5 rings (SSSR count). The lowest BCUT2D eigenvalue weighted by Crippen LogP contribution is -2.53. The van der Waals surface area contributed by atoms with Gasteiger partial charge in [0.2, 0.25) is 10.0 Å². The Balaban J connectivity index is 1.64. The summed E-state index contributed by atoms with van der Waals surface area (Å²) in [5.41, 5.74) is 4.41. The van der Waals surface area contributed by atoms with Gasteiger partial charge in [-0.15, -0.1) is 0 Å². The fraction of sp³-hybridized carbons (Fsp3) is 0.440. The zero-order valence-corrected chi connectivity index (χ0v) is 21.0. The van der Waals surface area contributed by atoms with Crippen LogP contribution in [0.25, 0.3) is 16.6 Å². The molecule has 2 N–H and O–H groups in total. The zero-order chi connectivity index (χ0) is 24.9. The van der Waals surface area contributed by atoms with Crippen molar-refractivity contribution in [2.24, 2.45) is 0 Å². The number of carbonyl (C=O) groups excluding carboxylic acids is 1. The molecule has 35 heavy (non-hydrogen) atoms. The van der Waals surface area contributed by atoms with Crippen molar-refractivity contribution in [1.82, 2.24) is 20.0 Å². The number of β-amino-alcohol motifs (C(OH)–C–C–N with tert-alkyl or cyclic N) is 1. The predicted octanol–water partition coefficient (Wildman–Crippen LogP) is 2.01. The van der Waals surface area contributed by atoms with Gasteiger partial charge in [-0.3, -0.25) is 14.0 Å². The van der Waals surface area contributed by atoms with Crippen molar-refractivity contribution in [1.29, 1.82) is 0 Å². The molecule has 1 saturated heterocycles. The van der Waals surface area contributed by atoms with E-state index in [1.54, 1.807) is 11.7 Å². The van der Waals surface area contributed by atoms with Crippen molar-refractivity contribution in [3.63, 3.8) is 0 Å². The van der Waals surface area contributed by atoms with E-state index >= 15 is 0 Å². The van der Waals surface area contributed by atoms with Crippen LogP contribution in [0.3, 0.4) is 0 Å². The Morgan fingerprint density at radius 2 is 1.89 bits per heavy atom. The van der Waals surface area contributed by atoms with Gasteiger partial charge in [0.05, 0.1) is 29.3 Å². The Morgan fingerprint density at radius 1 is 1.20 bits per heavy atom. The molecule has 0 radical (unpaired) electrons. The first-order valence-electron chi connectivity index (χ1n) is 11.9. The van der Waals surface area contributed by atoms with Crippen LogP contribution in [0, 0.1) is 6.92 Å². The molecule has 1 aliphatic carbocycles. The number of hydrogen-bond donors (Lipinski definition) is 2. The van der Waals surface area contributed by atoms with E-state index in [4.69, 9.17) is 5.10 Å². The number of rotatable bonds is 8. The number of likely N-dealkylation sites (tertiary alicyclic amines) is 1. The molecule has 3 aromatic rings. The van der Waals surface area contributed by atoms with Gasteiger partial charge in [0.15, 0.2) is 0 Å². The van der Waals surface area contributed by atoms with Gasteiger partial charge in [0.25, 0.3) is 5.91 Å². The second kappa shape index (κ2) is 8.92. The molecule has 186 valence electrons. The van der Waals surface area contributed by atoms with E-state index in [9.17, 15) is 18.3 Å². The largest absolute Gasteiger partial charge is 0.390 e. The number of anilines is 1. The molecule has 1 amide bonds. The second-order valence-electron chi connectivity index (χ2n) is 9.63. The number of sulfonamides is 1. The summed E-state index contributed by atoms with van der Waals surface area (Å²) < 4.78 is 28.9. The number of aromatic nitrogens is 2. The van der Waals surface area contributed by atoms with Crippen LogP contribution in [-0.2, 0) is 10.0 Å². The number of aliphatic hydroxyl groups excluding tert-OH is 1. The lowest BCUT2D eigenvalue weighted by atomic mass is 10.0. The molecule has 1 aliphatic heterocycles. The standard InChI is InChI=1S/C25H31N5O4S/c1-16-4-8-18(9-5-16)30-24(25(32)26-2)21-12-20(17-6-7-17)23(13-22(21)27-30)29(35(3,33)34)11-10-28-14-19(31)15-28/h4-5,8-9,12-13,17,19,31H,6-7,10-11,14-15H2,1-3H3,(H,26,32). The maximum atomic E-state index is 13.0. The highest BCUT2D eigenvalue weighted by molar-refractivity contribution is 7.92. The highest BCUT2D eigenvalue weighted by Gasteiger charge is 2.33. The summed E-state index contributed by atoms with van der Waals surface area (Å²) in [6.45, 7) is 3.94. The minimum Gasteiger partial charge on any atom is -0.390 e.